The summed E-state index contributed by atoms with van der Waals surface area (Å²) in [7, 11) is 0. The average Bonchev–Trinajstić information content (AvgIpc) is 3.24. The van der Waals surface area contributed by atoms with Crippen molar-refractivity contribution in [1.29, 1.82) is 0 Å². The van der Waals surface area contributed by atoms with Crippen LogP contribution in [0.3, 0.4) is 0 Å². The van der Waals surface area contributed by atoms with Gasteiger partial charge in [0.15, 0.2) is 0 Å². The smallest absolute Gasteiger partial charge is 0.227 e. The minimum atomic E-state index is 0.227. The molecule has 0 saturated carbocycles. The summed E-state index contributed by atoms with van der Waals surface area (Å²) in [5.41, 5.74) is 3.50. The quantitative estimate of drug-likeness (QED) is 0.785. The molecular weight excluding hydrogens is 334 g/mol. The van der Waals surface area contributed by atoms with E-state index in [4.69, 9.17) is 0 Å². The monoisotopic (exact) mass is 363 g/mol. The van der Waals surface area contributed by atoms with Crippen molar-refractivity contribution in [1.82, 2.24) is 4.90 Å². The van der Waals surface area contributed by atoms with Gasteiger partial charge in [-0.15, -0.1) is 0 Å². The number of para-hydroxylation sites is 2. The lowest BCUT2D eigenvalue weighted by Crippen LogP contribution is -2.46. The number of carbonyl (C=O) groups excluding carboxylic acids is 1. The van der Waals surface area contributed by atoms with Crippen molar-refractivity contribution in [2.24, 2.45) is 0 Å². The number of hydrogen-bond acceptors (Lipinski definition) is 3. The Morgan fingerprint density at radius 2 is 1.48 bits per heavy atom. The fourth-order valence-electron chi connectivity index (χ4n) is 4.21. The highest BCUT2D eigenvalue weighted by atomic mass is 16.2. The number of aryl methyl sites for hydroxylation is 1. The van der Waals surface area contributed by atoms with Gasteiger partial charge in [0.2, 0.25) is 5.91 Å². The first-order valence-electron chi connectivity index (χ1n) is 10.2. The van der Waals surface area contributed by atoms with Crippen molar-refractivity contribution in [3.63, 3.8) is 0 Å². The van der Waals surface area contributed by atoms with Crippen molar-refractivity contribution in [2.45, 2.75) is 25.7 Å². The van der Waals surface area contributed by atoms with Gasteiger partial charge in [-0.2, -0.15) is 0 Å². The zero-order chi connectivity index (χ0) is 18.5. The van der Waals surface area contributed by atoms with Gasteiger partial charge in [-0.3, -0.25) is 4.79 Å². The van der Waals surface area contributed by atoms with Gasteiger partial charge in [-0.25, -0.2) is 0 Å². The molecule has 0 bridgehead atoms. The highest BCUT2D eigenvalue weighted by Gasteiger charge is 2.26. The van der Waals surface area contributed by atoms with Crippen molar-refractivity contribution in [2.75, 3.05) is 49.1 Å². The highest BCUT2D eigenvalue weighted by molar-refractivity contribution is 5.98. The molecule has 0 N–H and O–H groups in total. The number of nitrogens with zero attached hydrogens (tertiary/aromatic N) is 3. The maximum Gasteiger partial charge on any atom is 0.227 e. The predicted octanol–water partition coefficient (Wildman–Crippen LogP) is 3.57. The van der Waals surface area contributed by atoms with Gasteiger partial charge in [0.1, 0.15) is 0 Å². The van der Waals surface area contributed by atoms with Crippen LogP contribution in [-0.4, -0.2) is 50.1 Å². The van der Waals surface area contributed by atoms with Crippen LogP contribution in [0.2, 0.25) is 0 Å². The molecule has 2 aliphatic rings. The van der Waals surface area contributed by atoms with Crippen LogP contribution in [0.25, 0.3) is 0 Å². The van der Waals surface area contributed by atoms with E-state index in [2.05, 4.69) is 40.1 Å². The summed E-state index contributed by atoms with van der Waals surface area (Å²) in [6.45, 7) is 6.34. The molecule has 4 heteroatoms. The Morgan fingerprint density at radius 3 is 2.26 bits per heavy atom. The second-order valence-electron chi connectivity index (χ2n) is 7.56. The van der Waals surface area contributed by atoms with Crippen LogP contribution >= 0.6 is 0 Å². The molecule has 1 saturated heterocycles. The molecule has 4 rings (SSSR count). The minimum absolute atomic E-state index is 0.227. The molecule has 2 aliphatic heterocycles. The largest absolute Gasteiger partial charge is 0.367 e. The van der Waals surface area contributed by atoms with Crippen LogP contribution in [0, 0.1) is 0 Å². The summed E-state index contributed by atoms with van der Waals surface area (Å²) in [6.07, 6.45) is 4.03. The van der Waals surface area contributed by atoms with Crippen LogP contribution < -0.4 is 9.80 Å². The van der Waals surface area contributed by atoms with E-state index in [0.717, 1.165) is 38.3 Å². The van der Waals surface area contributed by atoms with E-state index in [9.17, 15) is 4.79 Å². The predicted molar refractivity (Wildman–Crippen MR) is 111 cm³/mol. The summed E-state index contributed by atoms with van der Waals surface area (Å²) < 4.78 is 0. The first-order chi connectivity index (χ1) is 13.3. The number of rotatable bonds is 6. The summed E-state index contributed by atoms with van der Waals surface area (Å²) in [6, 6.07) is 18.7. The van der Waals surface area contributed by atoms with Gasteiger partial charge in [-0.05, 0) is 50.0 Å². The second-order valence-corrected chi connectivity index (χ2v) is 7.56. The van der Waals surface area contributed by atoms with Gasteiger partial charge >= 0.3 is 0 Å². The van der Waals surface area contributed by atoms with Crippen molar-refractivity contribution >= 4 is 17.3 Å². The molecule has 0 atom stereocenters. The molecule has 4 nitrogen and oxygen atoms in total. The van der Waals surface area contributed by atoms with Crippen molar-refractivity contribution in [3.8, 4) is 0 Å². The maximum atomic E-state index is 12.9. The molecular formula is C23H29N3O. The zero-order valence-corrected chi connectivity index (χ0v) is 16.0. The summed E-state index contributed by atoms with van der Waals surface area (Å²) in [5, 5.41) is 0. The van der Waals surface area contributed by atoms with Crippen LogP contribution in [0.1, 0.15) is 24.8 Å². The fourth-order valence-corrected chi connectivity index (χ4v) is 4.21. The average molecular weight is 364 g/mol. The van der Waals surface area contributed by atoms with E-state index in [1.807, 2.05) is 29.2 Å². The SMILES string of the molecule is O=C(CCc1ccccc1)N1CCN(CCN2CCCC2)c2ccccc21. The van der Waals surface area contributed by atoms with E-state index in [1.165, 1.54) is 37.2 Å². The number of carbonyl (C=O) groups is 1. The Labute approximate surface area is 162 Å². The lowest BCUT2D eigenvalue weighted by molar-refractivity contribution is -0.118. The zero-order valence-electron chi connectivity index (χ0n) is 16.0. The number of anilines is 2. The third-order valence-corrected chi connectivity index (χ3v) is 5.76. The number of fused-ring (bicyclic) bond motifs is 1. The third-order valence-electron chi connectivity index (χ3n) is 5.76. The Hall–Kier alpha value is -2.33. The topological polar surface area (TPSA) is 26.8 Å². The second kappa shape index (κ2) is 8.57. The molecule has 2 aromatic rings. The lowest BCUT2D eigenvalue weighted by atomic mass is 10.1. The molecule has 0 unspecified atom stereocenters. The van der Waals surface area contributed by atoms with Gasteiger partial charge in [0.05, 0.1) is 11.4 Å². The normalized spacial score (nSPS) is 17.2. The minimum Gasteiger partial charge on any atom is -0.367 e. The number of amides is 1. The number of benzene rings is 2. The molecule has 2 aromatic carbocycles. The van der Waals surface area contributed by atoms with Crippen LogP contribution in [0.15, 0.2) is 54.6 Å². The number of hydrogen-bond donors (Lipinski definition) is 0. The Balaban J connectivity index is 1.41. The third kappa shape index (κ3) is 4.33. The molecule has 0 radical (unpaired) electrons. The molecule has 1 fully saturated rings. The summed E-state index contributed by atoms with van der Waals surface area (Å²) in [5.74, 6) is 0.227. The summed E-state index contributed by atoms with van der Waals surface area (Å²) >= 11 is 0. The standard InChI is InChI=1S/C23H29N3O/c27-23(13-12-20-8-2-1-3-9-20)26-19-18-25(17-16-24-14-6-7-15-24)21-10-4-5-11-22(21)26/h1-5,8-11H,6-7,12-19H2. The molecule has 0 spiro atoms. The molecule has 0 aliphatic carbocycles. The highest BCUT2D eigenvalue weighted by Crippen LogP contribution is 2.33. The Bertz CT molecular complexity index is 755. The van der Waals surface area contributed by atoms with E-state index in [1.54, 1.807) is 0 Å². The van der Waals surface area contributed by atoms with E-state index in [-0.39, 0.29) is 5.91 Å². The van der Waals surface area contributed by atoms with E-state index >= 15 is 0 Å². The number of likely N-dealkylation sites (tertiary alicyclic amines) is 1. The fraction of sp³-hybridized carbons (Fsp3) is 0.435. The maximum absolute atomic E-state index is 12.9. The first kappa shape index (κ1) is 18.1. The lowest BCUT2D eigenvalue weighted by Gasteiger charge is -2.38. The van der Waals surface area contributed by atoms with Crippen LogP contribution in [0.4, 0.5) is 11.4 Å². The van der Waals surface area contributed by atoms with Crippen molar-refractivity contribution in [3.05, 3.63) is 60.2 Å². The van der Waals surface area contributed by atoms with Gasteiger partial charge < -0.3 is 14.7 Å². The van der Waals surface area contributed by atoms with Gasteiger partial charge in [0.25, 0.3) is 0 Å². The first-order valence-corrected chi connectivity index (χ1v) is 10.2. The van der Waals surface area contributed by atoms with E-state index in [0.29, 0.717) is 6.42 Å². The summed E-state index contributed by atoms with van der Waals surface area (Å²) in [4.78, 5) is 19.9. The van der Waals surface area contributed by atoms with Gasteiger partial charge in [0, 0.05) is 32.6 Å². The molecule has 1 amide bonds. The van der Waals surface area contributed by atoms with Crippen molar-refractivity contribution < 1.29 is 4.79 Å². The molecule has 27 heavy (non-hydrogen) atoms. The Morgan fingerprint density at radius 1 is 0.778 bits per heavy atom. The molecule has 2 heterocycles. The van der Waals surface area contributed by atoms with Gasteiger partial charge in [-0.1, -0.05) is 42.5 Å². The van der Waals surface area contributed by atoms with Crippen LogP contribution in [-0.2, 0) is 11.2 Å². The Kier molecular flexibility index (Phi) is 5.73. The van der Waals surface area contributed by atoms with E-state index < -0.39 is 0 Å². The van der Waals surface area contributed by atoms with Crippen LogP contribution in [0.5, 0.6) is 0 Å². The molecule has 0 aromatic heterocycles. The molecule has 142 valence electrons.